The van der Waals surface area contributed by atoms with E-state index in [0.29, 0.717) is 12.3 Å². The Morgan fingerprint density at radius 1 is 1.46 bits per heavy atom. The number of aliphatic hydroxyl groups excluding tert-OH is 1. The lowest BCUT2D eigenvalue weighted by Crippen LogP contribution is -2.16. The third-order valence-electron chi connectivity index (χ3n) is 2.14. The Hall–Kier alpha value is -0.570. The van der Waals surface area contributed by atoms with Crippen LogP contribution in [0, 0.1) is 5.92 Å². The SMILES string of the molecule is CCCC[C@@H](C)C[C@@H](O)CC(=O)O. The van der Waals surface area contributed by atoms with Crippen molar-refractivity contribution in [3.63, 3.8) is 0 Å². The van der Waals surface area contributed by atoms with Crippen molar-refractivity contribution in [3.05, 3.63) is 0 Å². The molecule has 0 saturated carbocycles. The molecule has 3 heteroatoms. The maximum absolute atomic E-state index is 10.2. The highest BCUT2D eigenvalue weighted by atomic mass is 16.4. The highest BCUT2D eigenvalue weighted by molar-refractivity contribution is 5.67. The third-order valence-corrected chi connectivity index (χ3v) is 2.14. The van der Waals surface area contributed by atoms with E-state index in [4.69, 9.17) is 5.11 Å². The summed E-state index contributed by atoms with van der Waals surface area (Å²) in [6.45, 7) is 4.18. The number of aliphatic hydroxyl groups is 1. The highest BCUT2D eigenvalue weighted by Gasteiger charge is 2.12. The van der Waals surface area contributed by atoms with Gasteiger partial charge in [0, 0.05) is 0 Å². The highest BCUT2D eigenvalue weighted by Crippen LogP contribution is 2.15. The first-order chi connectivity index (χ1) is 6.06. The summed E-state index contributed by atoms with van der Waals surface area (Å²) in [6, 6.07) is 0. The Balaban J connectivity index is 3.52. The molecule has 0 unspecified atom stereocenters. The normalized spacial score (nSPS) is 15.3. The van der Waals surface area contributed by atoms with Crippen molar-refractivity contribution in [1.29, 1.82) is 0 Å². The van der Waals surface area contributed by atoms with Crippen LogP contribution in [0.3, 0.4) is 0 Å². The fraction of sp³-hybridized carbons (Fsp3) is 0.900. The van der Waals surface area contributed by atoms with Gasteiger partial charge in [-0.25, -0.2) is 0 Å². The fourth-order valence-electron chi connectivity index (χ4n) is 1.42. The van der Waals surface area contributed by atoms with Gasteiger partial charge in [0.05, 0.1) is 12.5 Å². The lowest BCUT2D eigenvalue weighted by molar-refractivity contribution is -0.139. The van der Waals surface area contributed by atoms with Crippen LogP contribution in [0.1, 0.15) is 46.0 Å². The van der Waals surface area contributed by atoms with E-state index in [0.717, 1.165) is 19.3 Å². The Labute approximate surface area is 79.8 Å². The molecule has 13 heavy (non-hydrogen) atoms. The molecule has 0 spiro atoms. The van der Waals surface area contributed by atoms with E-state index in [1.165, 1.54) is 0 Å². The van der Waals surface area contributed by atoms with Crippen molar-refractivity contribution in [3.8, 4) is 0 Å². The van der Waals surface area contributed by atoms with Crippen molar-refractivity contribution in [2.45, 2.75) is 52.1 Å². The van der Waals surface area contributed by atoms with E-state index in [2.05, 4.69) is 13.8 Å². The molecule has 2 atom stereocenters. The minimum absolute atomic E-state index is 0.129. The Kier molecular flexibility index (Phi) is 6.59. The van der Waals surface area contributed by atoms with Crippen LogP contribution in [0.4, 0.5) is 0 Å². The van der Waals surface area contributed by atoms with Gasteiger partial charge in [-0.15, -0.1) is 0 Å². The zero-order valence-electron chi connectivity index (χ0n) is 8.49. The number of aliphatic carboxylic acids is 1. The molecule has 2 N–H and O–H groups in total. The summed E-state index contributed by atoms with van der Waals surface area (Å²) in [5.41, 5.74) is 0. The third kappa shape index (κ3) is 7.78. The fourth-order valence-corrected chi connectivity index (χ4v) is 1.42. The van der Waals surface area contributed by atoms with E-state index in [9.17, 15) is 9.90 Å². The minimum Gasteiger partial charge on any atom is -0.481 e. The zero-order chi connectivity index (χ0) is 10.3. The Bertz CT molecular complexity index is 145. The largest absolute Gasteiger partial charge is 0.481 e. The molecule has 0 amide bonds. The second kappa shape index (κ2) is 6.89. The molecule has 0 aromatic heterocycles. The van der Waals surface area contributed by atoms with Crippen molar-refractivity contribution in [1.82, 2.24) is 0 Å². The number of rotatable bonds is 7. The van der Waals surface area contributed by atoms with Gasteiger partial charge in [-0.2, -0.15) is 0 Å². The molecule has 0 heterocycles. The standard InChI is InChI=1S/C10H20O3/c1-3-4-5-8(2)6-9(11)7-10(12)13/h8-9,11H,3-7H2,1-2H3,(H,12,13)/t8-,9-/m1/s1. The second-order valence-corrected chi connectivity index (χ2v) is 3.73. The summed E-state index contributed by atoms with van der Waals surface area (Å²) >= 11 is 0. The predicted molar refractivity (Wildman–Crippen MR) is 51.6 cm³/mol. The van der Waals surface area contributed by atoms with Gasteiger partial charge < -0.3 is 10.2 Å². The van der Waals surface area contributed by atoms with Gasteiger partial charge in [-0.05, 0) is 12.3 Å². The van der Waals surface area contributed by atoms with E-state index in [-0.39, 0.29) is 6.42 Å². The molecule has 0 aliphatic heterocycles. The van der Waals surface area contributed by atoms with E-state index < -0.39 is 12.1 Å². The Morgan fingerprint density at radius 3 is 2.54 bits per heavy atom. The molecule has 0 aromatic carbocycles. The quantitative estimate of drug-likeness (QED) is 0.642. The van der Waals surface area contributed by atoms with Gasteiger partial charge in [0.1, 0.15) is 0 Å². The Morgan fingerprint density at radius 2 is 2.08 bits per heavy atom. The first kappa shape index (κ1) is 12.4. The van der Waals surface area contributed by atoms with Crippen LogP contribution in [0.25, 0.3) is 0 Å². The maximum Gasteiger partial charge on any atom is 0.305 e. The van der Waals surface area contributed by atoms with E-state index >= 15 is 0 Å². The molecule has 3 nitrogen and oxygen atoms in total. The summed E-state index contributed by atoms with van der Waals surface area (Å²) in [5.74, 6) is -0.496. The summed E-state index contributed by atoms with van der Waals surface area (Å²) < 4.78 is 0. The first-order valence-electron chi connectivity index (χ1n) is 4.96. The van der Waals surface area contributed by atoms with Crippen molar-refractivity contribution >= 4 is 5.97 Å². The summed E-state index contributed by atoms with van der Waals surface area (Å²) in [5, 5.41) is 17.7. The van der Waals surface area contributed by atoms with Gasteiger partial charge in [-0.3, -0.25) is 4.79 Å². The van der Waals surface area contributed by atoms with Crippen LogP contribution in [-0.2, 0) is 4.79 Å². The lowest BCUT2D eigenvalue weighted by atomic mass is 9.96. The van der Waals surface area contributed by atoms with Crippen molar-refractivity contribution in [2.75, 3.05) is 0 Å². The van der Waals surface area contributed by atoms with Crippen LogP contribution < -0.4 is 0 Å². The van der Waals surface area contributed by atoms with Crippen LogP contribution in [-0.4, -0.2) is 22.3 Å². The maximum atomic E-state index is 10.2. The van der Waals surface area contributed by atoms with Crippen molar-refractivity contribution < 1.29 is 15.0 Å². The van der Waals surface area contributed by atoms with Crippen LogP contribution in [0.2, 0.25) is 0 Å². The monoisotopic (exact) mass is 188 g/mol. The summed E-state index contributed by atoms with van der Waals surface area (Å²) in [7, 11) is 0. The van der Waals surface area contributed by atoms with Crippen LogP contribution in [0.5, 0.6) is 0 Å². The van der Waals surface area contributed by atoms with Crippen LogP contribution in [0.15, 0.2) is 0 Å². The van der Waals surface area contributed by atoms with Gasteiger partial charge in [-0.1, -0.05) is 33.1 Å². The van der Waals surface area contributed by atoms with Crippen LogP contribution >= 0.6 is 0 Å². The molecule has 0 radical (unpaired) electrons. The summed E-state index contributed by atoms with van der Waals surface area (Å²) in [4.78, 5) is 10.2. The molecule has 78 valence electrons. The predicted octanol–water partition coefficient (Wildman–Crippen LogP) is 2.04. The smallest absolute Gasteiger partial charge is 0.305 e. The number of carbonyl (C=O) groups is 1. The molecule has 0 bridgehead atoms. The van der Waals surface area contributed by atoms with E-state index in [1.807, 2.05) is 0 Å². The van der Waals surface area contributed by atoms with E-state index in [1.54, 1.807) is 0 Å². The first-order valence-corrected chi connectivity index (χ1v) is 4.96. The molecule has 0 aliphatic carbocycles. The molecule has 0 saturated heterocycles. The summed E-state index contributed by atoms with van der Waals surface area (Å²) in [6.07, 6.45) is 3.18. The average Bonchev–Trinajstić information content (AvgIpc) is 1.98. The molecule has 0 aliphatic rings. The molecular formula is C10H20O3. The number of unbranched alkanes of at least 4 members (excludes halogenated alkanes) is 1. The molecule has 0 aromatic rings. The van der Waals surface area contributed by atoms with Crippen molar-refractivity contribution in [2.24, 2.45) is 5.92 Å². The average molecular weight is 188 g/mol. The number of carboxylic acid groups (broad SMARTS) is 1. The van der Waals surface area contributed by atoms with Gasteiger partial charge in [0.2, 0.25) is 0 Å². The number of carboxylic acids is 1. The second-order valence-electron chi connectivity index (χ2n) is 3.73. The lowest BCUT2D eigenvalue weighted by Gasteiger charge is -2.14. The van der Waals surface area contributed by atoms with Gasteiger partial charge in [0.15, 0.2) is 0 Å². The number of hydrogen-bond acceptors (Lipinski definition) is 2. The topological polar surface area (TPSA) is 57.5 Å². The number of hydrogen-bond donors (Lipinski definition) is 2. The minimum atomic E-state index is -0.921. The van der Waals surface area contributed by atoms with Gasteiger partial charge >= 0.3 is 5.97 Å². The van der Waals surface area contributed by atoms with Gasteiger partial charge in [0.25, 0.3) is 0 Å². The zero-order valence-corrected chi connectivity index (χ0v) is 8.49. The molecule has 0 rings (SSSR count). The molecule has 0 fully saturated rings. The molecular weight excluding hydrogens is 168 g/mol.